The summed E-state index contributed by atoms with van der Waals surface area (Å²) in [6.07, 6.45) is 4.68. The van der Waals surface area contributed by atoms with Crippen LogP contribution < -0.4 is 10.0 Å². The van der Waals surface area contributed by atoms with Gasteiger partial charge in [-0.1, -0.05) is 0 Å². The van der Waals surface area contributed by atoms with Gasteiger partial charge in [0.15, 0.2) is 0 Å². The maximum atomic E-state index is 12.6. The molecular formula is C14H21BrN2O2S2. The van der Waals surface area contributed by atoms with Gasteiger partial charge in [0.2, 0.25) is 10.0 Å². The Kier molecular flexibility index (Phi) is 4.25. The molecule has 0 amide bonds. The van der Waals surface area contributed by atoms with Crippen molar-refractivity contribution in [2.45, 2.75) is 62.6 Å². The van der Waals surface area contributed by atoms with Gasteiger partial charge in [-0.05, 0) is 67.4 Å². The summed E-state index contributed by atoms with van der Waals surface area (Å²) in [7, 11) is -3.47. The summed E-state index contributed by atoms with van der Waals surface area (Å²) in [6, 6.07) is 2.41. The SMILES string of the molecule is CC(C)(NS(=O)(=O)c1cc(CNC2CC2)sc1Br)C1CC1. The molecule has 0 aromatic carbocycles. The van der Waals surface area contributed by atoms with Crippen molar-refractivity contribution in [2.24, 2.45) is 5.92 Å². The Labute approximate surface area is 138 Å². The van der Waals surface area contributed by atoms with E-state index in [-0.39, 0.29) is 5.54 Å². The highest BCUT2D eigenvalue weighted by atomic mass is 79.9. The molecule has 2 aliphatic carbocycles. The monoisotopic (exact) mass is 392 g/mol. The number of thiophene rings is 1. The second-order valence-corrected chi connectivity index (χ2v) is 10.7. The fourth-order valence-electron chi connectivity index (χ4n) is 2.49. The van der Waals surface area contributed by atoms with E-state index in [9.17, 15) is 8.42 Å². The lowest BCUT2D eigenvalue weighted by molar-refractivity contribution is 0.400. The van der Waals surface area contributed by atoms with Crippen molar-refractivity contribution in [2.75, 3.05) is 0 Å². The highest BCUT2D eigenvalue weighted by molar-refractivity contribution is 9.11. The summed E-state index contributed by atoms with van der Waals surface area (Å²) in [4.78, 5) is 1.42. The van der Waals surface area contributed by atoms with Crippen molar-refractivity contribution in [1.29, 1.82) is 0 Å². The number of nitrogens with one attached hydrogen (secondary N) is 2. The first-order valence-electron chi connectivity index (χ1n) is 7.33. The molecule has 3 rings (SSSR count). The summed E-state index contributed by atoms with van der Waals surface area (Å²) >= 11 is 4.90. The lowest BCUT2D eigenvalue weighted by Crippen LogP contribution is -2.45. The summed E-state index contributed by atoms with van der Waals surface area (Å²) in [6.45, 7) is 4.69. The Hall–Kier alpha value is 0.0500. The third-order valence-corrected chi connectivity index (χ3v) is 8.06. The van der Waals surface area contributed by atoms with E-state index in [2.05, 4.69) is 26.0 Å². The lowest BCUT2D eigenvalue weighted by Gasteiger charge is -2.25. The zero-order chi connectivity index (χ0) is 15.3. The van der Waals surface area contributed by atoms with E-state index >= 15 is 0 Å². The molecule has 2 aliphatic rings. The minimum atomic E-state index is -3.47. The molecule has 118 valence electrons. The number of hydrogen-bond donors (Lipinski definition) is 2. The van der Waals surface area contributed by atoms with Crippen LogP contribution in [0, 0.1) is 5.92 Å². The average molecular weight is 393 g/mol. The Bertz CT molecular complexity index is 631. The smallest absolute Gasteiger partial charge is 0.243 e. The van der Waals surface area contributed by atoms with Gasteiger partial charge in [-0.2, -0.15) is 0 Å². The van der Waals surface area contributed by atoms with Crippen molar-refractivity contribution in [3.8, 4) is 0 Å². The van der Waals surface area contributed by atoms with Crippen LogP contribution in [-0.4, -0.2) is 20.0 Å². The van der Waals surface area contributed by atoms with E-state index in [1.807, 2.05) is 13.8 Å². The zero-order valence-corrected chi connectivity index (χ0v) is 15.5. The van der Waals surface area contributed by atoms with Gasteiger partial charge in [0.1, 0.15) is 4.90 Å². The minimum absolute atomic E-state index is 0.368. The normalized spacial score (nSPS) is 20.0. The third-order valence-electron chi connectivity index (χ3n) is 4.13. The first kappa shape index (κ1) is 15.9. The maximum Gasteiger partial charge on any atom is 0.243 e. The quantitative estimate of drug-likeness (QED) is 0.748. The highest BCUT2D eigenvalue weighted by Crippen LogP contribution is 2.41. The van der Waals surface area contributed by atoms with Gasteiger partial charge in [-0.3, -0.25) is 0 Å². The Morgan fingerprint density at radius 3 is 2.57 bits per heavy atom. The molecule has 0 atom stereocenters. The first-order chi connectivity index (χ1) is 9.78. The molecule has 1 aromatic rings. The van der Waals surface area contributed by atoms with E-state index in [0.717, 1.165) is 24.3 Å². The average Bonchev–Trinajstić information content (AvgIpc) is 3.23. The van der Waals surface area contributed by atoms with Crippen molar-refractivity contribution in [3.05, 3.63) is 14.7 Å². The van der Waals surface area contributed by atoms with Crippen LogP contribution >= 0.6 is 27.3 Å². The van der Waals surface area contributed by atoms with Gasteiger partial charge in [0.05, 0.1) is 3.79 Å². The van der Waals surface area contributed by atoms with Crippen molar-refractivity contribution >= 4 is 37.3 Å². The lowest BCUT2D eigenvalue weighted by atomic mass is 10.0. The van der Waals surface area contributed by atoms with Crippen LogP contribution in [0.5, 0.6) is 0 Å². The van der Waals surface area contributed by atoms with Crippen LogP contribution in [0.3, 0.4) is 0 Å². The fourth-order valence-corrected chi connectivity index (χ4v) is 6.60. The molecule has 0 bridgehead atoms. The second kappa shape index (κ2) is 5.60. The van der Waals surface area contributed by atoms with Crippen LogP contribution in [0.15, 0.2) is 14.7 Å². The molecule has 21 heavy (non-hydrogen) atoms. The zero-order valence-electron chi connectivity index (χ0n) is 12.3. The third kappa shape index (κ3) is 3.88. The van der Waals surface area contributed by atoms with Gasteiger partial charge in [-0.15, -0.1) is 11.3 Å². The van der Waals surface area contributed by atoms with Crippen molar-refractivity contribution in [3.63, 3.8) is 0 Å². The molecule has 7 heteroatoms. The molecule has 4 nitrogen and oxygen atoms in total. The first-order valence-corrected chi connectivity index (χ1v) is 10.4. The number of hydrogen-bond acceptors (Lipinski definition) is 4. The standard InChI is InChI=1S/C14H21BrN2O2S2/c1-14(2,9-3-4-9)17-21(18,19)12-7-11(20-13(12)15)8-16-10-5-6-10/h7,9-10,16-17H,3-6,8H2,1-2H3. The summed E-state index contributed by atoms with van der Waals surface area (Å²) in [5.74, 6) is 0.459. The molecule has 1 aromatic heterocycles. The molecule has 0 saturated heterocycles. The predicted molar refractivity (Wildman–Crippen MR) is 89.0 cm³/mol. The summed E-state index contributed by atoms with van der Waals surface area (Å²) in [5.41, 5.74) is -0.368. The van der Waals surface area contributed by atoms with E-state index in [1.54, 1.807) is 6.07 Å². The summed E-state index contributed by atoms with van der Waals surface area (Å²) < 4.78 is 28.8. The molecular weight excluding hydrogens is 372 g/mol. The van der Waals surface area contributed by atoms with E-state index in [4.69, 9.17) is 0 Å². The predicted octanol–water partition coefficient (Wildman–Crippen LogP) is 3.23. The number of rotatable bonds is 7. The molecule has 2 N–H and O–H groups in total. The maximum absolute atomic E-state index is 12.6. The van der Waals surface area contributed by atoms with E-state index in [0.29, 0.717) is 20.6 Å². The number of halogens is 1. The van der Waals surface area contributed by atoms with Crippen LogP contribution in [0.2, 0.25) is 0 Å². The Balaban J connectivity index is 1.74. The second-order valence-electron chi connectivity index (χ2n) is 6.61. The van der Waals surface area contributed by atoms with Crippen LogP contribution in [0.25, 0.3) is 0 Å². The topological polar surface area (TPSA) is 58.2 Å². The fraction of sp³-hybridized carbons (Fsp3) is 0.714. The van der Waals surface area contributed by atoms with Crippen molar-refractivity contribution < 1.29 is 8.42 Å². The largest absolute Gasteiger partial charge is 0.309 e. The van der Waals surface area contributed by atoms with Crippen LogP contribution in [0.4, 0.5) is 0 Å². The molecule has 1 heterocycles. The Morgan fingerprint density at radius 1 is 1.33 bits per heavy atom. The van der Waals surface area contributed by atoms with Gasteiger partial charge >= 0.3 is 0 Å². The summed E-state index contributed by atoms with van der Waals surface area (Å²) in [5, 5.41) is 3.42. The minimum Gasteiger partial charge on any atom is -0.309 e. The van der Waals surface area contributed by atoms with E-state index in [1.165, 1.54) is 24.2 Å². The molecule has 0 radical (unpaired) electrons. The van der Waals surface area contributed by atoms with Gasteiger partial charge in [-0.25, -0.2) is 13.1 Å². The van der Waals surface area contributed by atoms with Gasteiger partial charge < -0.3 is 5.32 Å². The van der Waals surface area contributed by atoms with E-state index < -0.39 is 10.0 Å². The van der Waals surface area contributed by atoms with Gasteiger partial charge in [0.25, 0.3) is 0 Å². The highest BCUT2D eigenvalue weighted by Gasteiger charge is 2.41. The number of sulfonamides is 1. The molecule has 2 saturated carbocycles. The molecule has 0 unspecified atom stereocenters. The van der Waals surface area contributed by atoms with Crippen LogP contribution in [-0.2, 0) is 16.6 Å². The van der Waals surface area contributed by atoms with Crippen LogP contribution in [0.1, 0.15) is 44.4 Å². The van der Waals surface area contributed by atoms with Gasteiger partial charge in [0, 0.05) is 23.0 Å². The Morgan fingerprint density at radius 2 is 2.00 bits per heavy atom. The van der Waals surface area contributed by atoms with Crippen molar-refractivity contribution in [1.82, 2.24) is 10.0 Å². The molecule has 0 spiro atoms. The molecule has 2 fully saturated rings. The molecule has 0 aliphatic heterocycles.